The highest BCUT2D eigenvalue weighted by molar-refractivity contribution is 5.64. The van der Waals surface area contributed by atoms with Crippen LogP contribution in [0.4, 0.5) is 11.4 Å². The number of hydrogen-bond acceptors (Lipinski definition) is 6. The van der Waals surface area contributed by atoms with Crippen LogP contribution in [0.5, 0.6) is 0 Å². The molecule has 2 aliphatic heterocycles. The lowest BCUT2D eigenvalue weighted by atomic mass is 10.0. The van der Waals surface area contributed by atoms with Gasteiger partial charge in [0.15, 0.2) is 0 Å². The van der Waals surface area contributed by atoms with Crippen molar-refractivity contribution >= 4 is 11.4 Å². The second-order valence-corrected chi connectivity index (χ2v) is 6.59. The molecular weight excluding hydrogens is 302 g/mol. The first kappa shape index (κ1) is 16.7. The molecule has 1 aromatic carbocycles. The molecule has 2 saturated heterocycles. The summed E-state index contributed by atoms with van der Waals surface area (Å²) < 4.78 is 0. The van der Waals surface area contributed by atoms with Crippen molar-refractivity contribution in [2.45, 2.75) is 18.9 Å². The molecule has 2 N–H and O–H groups in total. The lowest BCUT2D eigenvalue weighted by molar-refractivity contribution is 0.0982. The van der Waals surface area contributed by atoms with E-state index in [0.717, 1.165) is 44.7 Å². The summed E-state index contributed by atoms with van der Waals surface area (Å²) in [6.07, 6.45) is 2.30. The molecule has 0 amide bonds. The molecule has 3 rings (SSSR count). The number of piperidine rings is 1. The van der Waals surface area contributed by atoms with Gasteiger partial charge in [-0.3, -0.25) is 4.90 Å². The molecule has 0 saturated carbocycles. The summed E-state index contributed by atoms with van der Waals surface area (Å²) in [6.45, 7) is 6.64. The summed E-state index contributed by atoms with van der Waals surface area (Å²) in [4.78, 5) is 7.34. The Morgan fingerprint density at radius 3 is 2.46 bits per heavy atom. The van der Waals surface area contributed by atoms with Crippen LogP contribution in [-0.2, 0) is 0 Å². The Balaban J connectivity index is 1.63. The molecular formula is C17H25N7. The van der Waals surface area contributed by atoms with Gasteiger partial charge in [-0.05, 0) is 38.1 Å². The van der Waals surface area contributed by atoms with E-state index in [-0.39, 0.29) is 0 Å². The highest BCUT2D eigenvalue weighted by Gasteiger charge is 2.27. The van der Waals surface area contributed by atoms with Crippen LogP contribution in [0.1, 0.15) is 18.4 Å². The molecule has 24 heavy (non-hydrogen) atoms. The van der Waals surface area contributed by atoms with Crippen LogP contribution in [0.2, 0.25) is 0 Å². The van der Waals surface area contributed by atoms with Crippen molar-refractivity contribution in [1.29, 1.82) is 5.26 Å². The summed E-state index contributed by atoms with van der Waals surface area (Å²) in [5, 5.41) is 16.5. The normalized spacial score (nSPS) is 21.2. The van der Waals surface area contributed by atoms with E-state index < -0.39 is 0 Å². The van der Waals surface area contributed by atoms with E-state index >= 15 is 0 Å². The van der Waals surface area contributed by atoms with Crippen LogP contribution in [-0.4, -0.2) is 62.2 Å². The second kappa shape index (κ2) is 7.60. The zero-order valence-electron chi connectivity index (χ0n) is 14.2. The minimum atomic E-state index is 0.616. The molecule has 2 heterocycles. The Labute approximate surface area is 143 Å². The maximum Gasteiger partial charge on any atom is 0.101 e. The van der Waals surface area contributed by atoms with Gasteiger partial charge in [-0.2, -0.15) is 5.26 Å². The molecule has 0 unspecified atom stereocenters. The third-order valence-electron chi connectivity index (χ3n) is 5.13. The predicted octanol–water partition coefficient (Wildman–Crippen LogP) is 1.73. The Bertz CT molecular complexity index is 620. The zero-order chi connectivity index (χ0) is 16.9. The van der Waals surface area contributed by atoms with Gasteiger partial charge in [-0.15, -0.1) is 5.11 Å². The number of rotatable bonds is 3. The van der Waals surface area contributed by atoms with Gasteiger partial charge in [-0.1, -0.05) is 5.22 Å². The van der Waals surface area contributed by atoms with Crippen molar-refractivity contribution < 1.29 is 0 Å². The topological polar surface area (TPSA) is 84.2 Å². The van der Waals surface area contributed by atoms with Crippen LogP contribution in [0.25, 0.3) is 0 Å². The molecule has 128 valence electrons. The van der Waals surface area contributed by atoms with E-state index in [9.17, 15) is 5.26 Å². The number of anilines is 1. The summed E-state index contributed by atoms with van der Waals surface area (Å²) >= 11 is 0. The van der Waals surface area contributed by atoms with Gasteiger partial charge < -0.3 is 15.6 Å². The molecule has 1 aromatic rings. The lowest BCUT2D eigenvalue weighted by Gasteiger charge is -2.42. The lowest BCUT2D eigenvalue weighted by Crippen LogP contribution is -2.52. The van der Waals surface area contributed by atoms with Gasteiger partial charge in [0, 0.05) is 45.3 Å². The third-order valence-corrected chi connectivity index (χ3v) is 5.13. The van der Waals surface area contributed by atoms with Crippen LogP contribution in [0.15, 0.2) is 28.5 Å². The first-order chi connectivity index (χ1) is 11.7. The molecule has 0 aliphatic carbocycles. The third kappa shape index (κ3) is 3.66. The average Bonchev–Trinajstić information content (AvgIpc) is 2.63. The van der Waals surface area contributed by atoms with Gasteiger partial charge in [0.05, 0.1) is 16.9 Å². The van der Waals surface area contributed by atoms with Crippen molar-refractivity contribution in [3.8, 4) is 6.07 Å². The van der Waals surface area contributed by atoms with Gasteiger partial charge in [0.25, 0.3) is 0 Å². The molecule has 2 aliphatic rings. The van der Waals surface area contributed by atoms with Gasteiger partial charge >= 0.3 is 0 Å². The maximum atomic E-state index is 9.43. The number of nitriles is 1. The van der Waals surface area contributed by atoms with Crippen molar-refractivity contribution in [2.24, 2.45) is 16.2 Å². The Kier molecular flexibility index (Phi) is 5.28. The minimum absolute atomic E-state index is 0.616. The average molecular weight is 327 g/mol. The van der Waals surface area contributed by atoms with E-state index in [1.807, 2.05) is 12.1 Å². The van der Waals surface area contributed by atoms with Crippen molar-refractivity contribution in [2.75, 3.05) is 51.2 Å². The molecule has 0 atom stereocenters. The quantitative estimate of drug-likeness (QED) is 0.519. The van der Waals surface area contributed by atoms with Crippen molar-refractivity contribution in [3.63, 3.8) is 0 Å². The monoisotopic (exact) mass is 327 g/mol. The SMILES string of the molecule is CN1CCN(C2CCN(c3ccc(N=NN)cc3C#N)CC2)CC1. The number of piperazine rings is 1. The van der Waals surface area contributed by atoms with Crippen LogP contribution >= 0.6 is 0 Å². The van der Waals surface area contributed by atoms with E-state index in [1.54, 1.807) is 6.07 Å². The fourth-order valence-electron chi connectivity index (χ4n) is 3.68. The van der Waals surface area contributed by atoms with Crippen LogP contribution in [0, 0.1) is 11.3 Å². The highest BCUT2D eigenvalue weighted by atomic mass is 15.3. The largest absolute Gasteiger partial charge is 0.370 e. The number of likely N-dealkylation sites (N-methyl/N-ethyl adjacent to an activating group) is 1. The van der Waals surface area contributed by atoms with E-state index in [0.29, 0.717) is 17.3 Å². The number of hydrogen-bond donors (Lipinski definition) is 1. The highest BCUT2D eigenvalue weighted by Crippen LogP contribution is 2.29. The molecule has 0 bridgehead atoms. The molecule has 7 heteroatoms. The summed E-state index contributed by atoms with van der Waals surface area (Å²) in [6, 6.07) is 8.51. The molecule has 2 fully saturated rings. The van der Waals surface area contributed by atoms with Crippen LogP contribution < -0.4 is 10.7 Å². The smallest absolute Gasteiger partial charge is 0.101 e. The van der Waals surface area contributed by atoms with Gasteiger partial charge in [0.1, 0.15) is 6.07 Å². The Morgan fingerprint density at radius 2 is 1.83 bits per heavy atom. The summed E-state index contributed by atoms with van der Waals surface area (Å²) in [7, 11) is 2.19. The van der Waals surface area contributed by atoms with Gasteiger partial charge in [0.2, 0.25) is 0 Å². The summed E-state index contributed by atoms with van der Waals surface area (Å²) in [5.74, 6) is 5.08. The number of nitrogens with two attached hydrogens (primary N) is 1. The maximum absolute atomic E-state index is 9.43. The first-order valence-corrected chi connectivity index (χ1v) is 8.54. The van der Waals surface area contributed by atoms with E-state index in [1.165, 1.54) is 13.1 Å². The first-order valence-electron chi connectivity index (χ1n) is 8.54. The Hall–Kier alpha value is -2.17. The fourth-order valence-corrected chi connectivity index (χ4v) is 3.68. The van der Waals surface area contributed by atoms with E-state index in [4.69, 9.17) is 5.84 Å². The van der Waals surface area contributed by atoms with Crippen LogP contribution in [0.3, 0.4) is 0 Å². The van der Waals surface area contributed by atoms with Crippen molar-refractivity contribution in [1.82, 2.24) is 9.80 Å². The summed E-state index contributed by atoms with van der Waals surface area (Å²) in [5.41, 5.74) is 2.24. The van der Waals surface area contributed by atoms with Crippen molar-refractivity contribution in [3.05, 3.63) is 23.8 Å². The minimum Gasteiger partial charge on any atom is -0.370 e. The zero-order valence-corrected chi connectivity index (χ0v) is 14.2. The number of benzene rings is 1. The second-order valence-electron chi connectivity index (χ2n) is 6.59. The van der Waals surface area contributed by atoms with Gasteiger partial charge in [-0.25, -0.2) is 0 Å². The molecule has 0 radical (unpaired) electrons. The predicted molar refractivity (Wildman–Crippen MR) is 94.2 cm³/mol. The fraction of sp³-hybridized carbons (Fsp3) is 0.588. The van der Waals surface area contributed by atoms with E-state index in [2.05, 4.69) is 38.2 Å². The number of nitrogens with zero attached hydrogens (tertiary/aromatic N) is 6. The standard InChI is InChI=1S/C17H25N7/c1-22-8-10-23(11-9-22)16-4-6-24(7-5-16)17-3-2-15(20-21-19)12-14(17)13-18/h2-3,12,16H,4-11H2,1H3,(H2,19,20). The molecule has 0 aromatic heterocycles. The molecule has 0 spiro atoms. The Morgan fingerprint density at radius 1 is 1.12 bits per heavy atom. The molecule has 7 nitrogen and oxygen atoms in total.